The summed E-state index contributed by atoms with van der Waals surface area (Å²) >= 11 is 2.28. The molecule has 0 aliphatic rings. The number of hydrogen-bond donors (Lipinski definition) is 0. The molecule has 2 nitrogen and oxygen atoms in total. The molecule has 0 fully saturated rings. The number of carbonyl (C=O) groups is 1. The van der Waals surface area contributed by atoms with Crippen molar-refractivity contribution >= 4 is 28.4 Å². The summed E-state index contributed by atoms with van der Waals surface area (Å²) in [5.41, 5.74) is 0.715. The molecule has 0 aromatic heterocycles. The maximum Gasteiger partial charge on any atom is 0.156 e. The van der Waals surface area contributed by atoms with E-state index in [1.54, 1.807) is 0 Å². The predicted molar refractivity (Wildman–Crippen MR) is 84.9 cm³/mol. The lowest BCUT2D eigenvalue weighted by Crippen LogP contribution is -2.50. The van der Waals surface area contributed by atoms with E-state index in [0.717, 1.165) is 18.7 Å². The van der Waals surface area contributed by atoms with Crippen LogP contribution >= 0.6 is 22.6 Å². The van der Waals surface area contributed by atoms with Crippen molar-refractivity contribution in [3.63, 3.8) is 0 Å². The molecule has 1 aromatic rings. The van der Waals surface area contributed by atoms with Crippen molar-refractivity contribution in [2.75, 3.05) is 13.1 Å². The molecule has 0 saturated heterocycles. The average molecular weight is 359 g/mol. The molecule has 0 N–H and O–H groups in total. The Bertz CT molecular complexity index is 393. The molecule has 3 heteroatoms. The quantitative estimate of drug-likeness (QED) is 0.725. The molecule has 0 bridgehead atoms. The summed E-state index contributed by atoms with van der Waals surface area (Å²) in [6.07, 6.45) is 0.514. The van der Waals surface area contributed by atoms with Gasteiger partial charge in [0.1, 0.15) is 0 Å². The summed E-state index contributed by atoms with van der Waals surface area (Å²) in [4.78, 5) is 14.6. The third-order valence-electron chi connectivity index (χ3n) is 3.51. The molecule has 0 spiro atoms. The summed E-state index contributed by atoms with van der Waals surface area (Å²) in [6.45, 7) is 10.1. The molecule has 0 atom stereocenters. The van der Waals surface area contributed by atoms with Crippen molar-refractivity contribution in [2.24, 2.45) is 0 Å². The van der Waals surface area contributed by atoms with Crippen molar-refractivity contribution < 1.29 is 4.79 Å². The van der Waals surface area contributed by atoms with Gasteiger partial charge in [-0.2, -0.15) is 0 Å². The molecule has 0 heterocycles. The Morgan fingerprint density at radius 2 is 1.67 bits per heavy atom. The number of likely N-dealkylation sites (N-methyl/N-ethyl adjacent to an activating group) is 1. The molecule has 1 rings (SSSR count). The maximum atomic E-state index is 12.4. The third-order valence-corrected chi connectivity index (χ3v) is 4.23. The summed E-state index contributed by atoms with van der Waals surface area (Å²) in [5, 5.41) is 0. The highest BCUT2D eigenvalue weighted by Gasteiger charge is 2.32. The fourth-order valence-corrected chi connectivity index (χ4v) is 2.55. The zero-order valence-electron chi connectivity index (χ0n) is 11.7. The fourth-order valence-electron chi connectivity index (χ4n) is 2.19. The highest BCUT2D eigenvalue weighted by molar-refractivity contribution is 14.1. The number of halogens is 1. The van der Waals surface area contributed by atoms with Crippen LogP contribution in [0.3, 0.4) is 0 Å². The third kappa shape index (κ3) is 3.79. The summed E-state index contributed by atoms with van der Waals surface area (Å²) in [6, 6.07) is 8.18. The molecule has 0 aliphatic heterocycles. The molecule has 0 aliphatic carbocycles. The Kier molecular flexibility index (Phi) is 5.79. The average Bonchev–Trinajstić information content (AvgIpc) is 2.33. The number of Topliss-reactive ketones (excluding diaryl/α,β-unsaturated/α-hetero) is 1. The van der Waals surface area contributed by atoms with Crippen LogP contribution in [0.25, 0.3) is 0 Å². The highest BCUT2D eigenvalue weighted by atomic mass is 127. The summed E-state index contributed by atoms with van der Waals surface area (Å²) < 4.78 is 1.20. The lowest BCUT2D eigenvalue weighted by Gasteiger charge is -2.35. The van der Waals surface area contributed by atoms with Gasteiger partial charge in [0.2, 0.25) is 0 Å². The first-order valence-corrected chi connectivity index (χ1v) is 7.52. The lowest BCUT2D eigenvalue weighted by atomic mass is 9.91. The van der Waals surface area contributed by atoms with Gasteiger partial charge in [-0.05, 0) is 67.2 Å². The van der Waals surface area contributed by atoms with E-state index >= 15 is 0 Å². The minimum absolute atomic E-state index is 0.285. The topological polar surface area (TPSA) is 20.3 Å². The van der Waals surface area contributed by atoms with Crippen LogP contribution in [0.4, 0.5) is 0 Å². The maximum absolute atomic E-state index is 12.4. The van der Waals surface area contributed by atoms with Gasteiger partial charge in [-0.25, -0.2) is 0 Å². The number of ketones is 1. The number of benzene rings is 1. The van der Waals surface area contributed by atoms with E-state index in [4.69, 9.17) is 0 Å². The van der Waals surface area contributed by atoms with Crippen molar-refractivity contribution in [1.82, 2.24) is 4.90 Å². The van der Waals surface area contributed by atoms with Crippen LogP contribution in [0.2, 0.25) is 0 Å². The Balaban J connectivity index is 2.78. The first-order valence-electron chi connectivity index (χ1n) is 6.44. The predicted octanol–water partition coefficient (Wildman–Crippen LogP) is 3.52. The number of carbonyl (C=O) groups excluding carboxylic acids is 1. The van der Waals surface area contributed by atoms with Gasteiger partial charge in [-0.1, -0.05) is 26.0 Å². The smallest absolute Gasteiger partial charge is 0.156 e. The molecule has 0 radical (unpaired) electrons. The number of rotatable bonds is 6. The van der Waals surface area contributed by atoms with Gasteiger partial charge in [-0.3, -0.25) is 9.69 Å². The summed E-state index contributed by atoms with van der Waals surface area (Å²) in [7, 11) is 0. The van der Waals surface area contributed by atoms with Gasteiger partial charge >= 0.3 is 0 Å². The number of hydrogen-bond acceptors (Lipinski definition) is 2. The van der Waals surface area contributed by atoms with Gasteiger partial charge in [0.25, 0.3) is 0 Å². The van der Waals surface area contributed by atoms with E-state index in [1.165, 1.54) is 3.57 Å². The van der Waals surface area contributed by atoms with Crippen molar-refractivity contribution in [2.45, 2.75) is 39.7 Å². The monoisotopic (exact) mass is 359 g/mol. The van der Waals surface area contributed by atoms with Crippen LogP contribution in [-0.2, 0) is 11.2 Å². The van der Waals surface area contributed by atoms with E-state index in [2.05, 4.69) is 41.3 Å². The van der Waals surface area contributed by atoms with Crippen molar-refractivity contribution in [3.8, 4) is 0 Å². The van der Waals surface area contributed by atoms with Crippen molar-refractivity contribution in [3.05, 3.63) is 33.4 Å². The minimum Gasteiger partial charge on any atom is -0.297 e. The lowest BCUT2D eigenvalue weighted by molar-refractivity contribution is -0.128. The van der Waals surface area contributed by atoms with E-state index in [1.807, 2.05) is 38.1 Å². The van der Waals surface area contributed by atoms with Gasteiger partial charge in [0.05, 0.1) is 5.54 Å². The van der Waals surface area contributed by atoms with E-state index in [9.17, 15) is 4.79 Å². The molecule has 0 saturated carbocycles. The van der Waals surface area contributed by atoms with E-state index < -0.39 is 0 Å². The van der Waals surface area contributed by atoms with Crippen LogP contribution in [-0.4, -0.2) is 29.3 Å². The second-order valence-electron chi connectivity index (χ2n) is 4.96. The molecular formula is C15H22INO. The molecule has 18 heavy (non-hydrogen) atoms. The van der Waals surface area contributed by atoms with Crippen LogP contribution in [0, 0.1) is 3.57 Å². The summed E-state index contributed by atoms with van der Waals surface area (Å²) in [5.74, 6) is 0.285. The molecule has 1 aromatic carbocycles. The SMILES string of the molecule is CCN(CC)C(C)(C)C(=O)Cc1ccc(I)cc1. The Labute approximate surface area is 124 Å². The van der Waals surface area contributed by atoms with Gasteiger partial charge < -0.3 is 0 Å². The fraction of sp³-hybridized carbons (Fsp3) is 0.533. The van der Waals surface area contributed by atoms with Gasteiger partial charge in [0, 0.05) is 9.99 Å². The molecule has 0 amide bonds. The van der Waals surface area contributed by atoms with Gasteiger partial charge in [0.15, 0.2) is 5.78 Å². The normalized spacial score (nSPS) is 11.9. The number of nitrogens with zero attached hydrogens (tertiary/aromatic N) is 1. The zero-order valence-corrected chi connectivity index (χ0v) is 13.8. The Morgan fingerprint density at radius 3 is 2.11 bits per heavy atom. The molecular weight excluding hydrogens is 337 g/mol. The first-order chi connectivity index (χ1) is 8.41. The Hall–Kier alpha value is -0.420. The van der Waals surface area contributed by atoms with Crippen molar-refractivity contribution in [1.29, 1.82) is 0 Å². The van der Waals surface area contributed by atoms with Crippen LogP contribution < -0.4 is 0 Å². The van der Waals surface area contributed by atoms with E-state index in [0.29, 0.717) is 6.42 Å². The zero-order chi connectivity index (χ0) is 13.8. The largest absolute Gasteiger partial charge is 0.297 e. The van der Waals surface area contributed by atoms with Crippen LogP contribution in [0.5, 0.6) is 0 Å². The standard InChI is InChI=1S/C15H22INO/c1-5-17(6-2)15(3,4)14(18)11-12-7-9-13(16)10-8-12/h7-10H,5-6,11H2,1-4H3. The second kappa shape index (κ2) is 6.66. The minimum atomic E-state index is -0.382. The van der Waals surface area contributed by atoms with E-state index in [-0.39, 0.29) is 11.3 Å². The second-order valence-corrected chi connectivity index (χ2v) is 6.20. The molecule has 0 unspecified atom stereocenters. The van der Waals surface area contributed by atoms with Crippen LogP contribution in [0.1, 0.15) is 33.3 Å². The van der Waals surface area contributed by atoms with Crippen LogP contribution in [0.15, 0.2) is 24.3 Å². The van der Waals surface area contributed by atoms with Gasteiger partial charge in [-0.15, -0.1) is 0 Å². The molecule has 100 valence electrons. The highest BCUT2D eigenvalue weighted by Crippen LogP contribution is 2.18. The Morgan fingerprint density at radius 1 is 1.17 bits per heavy atom. The first kappa shape index (κ1) is 15.6.